The molecule has 0 radical (unpaired) electrons. The van der Waals surface area contributed by atoms with Gasteiger partial charge in [0.15, 0.2) is 5.82 Å². The van der Waals surface area contributed by atoms with Crippen LogP contribution in [-0.4, -0.2) is 52.4 Å². The lowest BCUT2D eigenvalue weighted by Crippen LogP contribution is -2.46. The minimum absolute atomic E-state index is 0.0397. The number of morpholine rings is 1. The first-order chi connectivity index (χ1) is 8.33. The van der Waals surface area contributed by atoms with Crippen LogP contribution in [0.15, 0.2) is 12.4 Å². The van der Waals surface area contributed by atoms with E-state index >= 15 is 0 Å². The summed E-state index contributed by atoms with van der Waals surface area (Å²) in [6, 6.07) is 0.0397. The smallest absolute Gasteiger partial charge is 0.158 e. The molecule has 1 unspecified atom stereocenters. The first-order valence-corrected chi connectivity index (χ1v) is 5.53. The Morgan fingerprint density at radius 2 is 2.41 bits per heavy atom. The number of nitrogens with two attached hydrogens (primary N) is 1. The van der Waals surface area contributed by atoms with Crippen molar-refractivity contribution in [3.05, 3.63) is 18.1 Å². The lowest BCUT2D eigenvalue weighted by atomic mass is 10.2. The maximum absolute atomic E-state index is 9.24. The predicted molar refractivity (Wildman–Crippen MR) is 61.9 cm³/mol. The van der Waals surface area contributed by atoms with Crippen LogP contribution in [0, 0.1) is 0 Å². The molecule has 94 valence electrons. The number of aromatic nitrogens is 2. The van der Waals surface area contributed by atoms with E-state index in [4.69, 9.17) is 10.6 Å². The van der Waals surface area contributed by atoms with E-state index < -0.39 is 0 Å². The molecule has 2 rings (SSSR count). The SMILES string of the molecule is NNc1cnc(CN2CCOCC2CO)cn1. The van der Waals surface area contributed by atoms with E-state index in [9.17, 15) is 5.11 Å². The van der Waals surface area contributed by atoms with Crippen molar-refractivity contribution in [3.63, 3.8) is 0 Å². The number of aliphatic hydroxyl groups is 1. The first-order valence-electron chi connectivity index (χ1n) is 5.53. The van der Waals surface area contributed by atoms with E-state index in [1.54, 1.807) is 12.4 Å². The van der Waals surface area contributed by atoms with Crippen LogP contribution < -0.4 is 11.3 Å². The number of aliphatic hydroxyl groups excluding tert-OH is 1. The average molecular weight is 239 g/mol. The zero-order valence-electron chi connectivity index (χ0n) is 9.54. The van der Waals surface area contributed by atoms with Crippen molar-refractivity contribution in [2.24, 2.45) is 5.84 Å². The van der Waals surface area contributed by atoms with Gasteiger partial charge in [-0.05, 0) is 0 Å². The number of nitrogen functional groups attached to an aromatic ring is 1. The highest BCUT2D eigenvalue weighted by molar-refractivity contribution is 5.28. The van der Waals surface area contributed by atoms with Crippen molar-refractivity contribution < 1.29 is 9.84 Å². The third-order valence-electron chi connectivity index (χ3n) is 2.78. The Balaban J connectivity index is 1.98. The van der Waals surface area contributed by atoms with E-state index in [-0.39, 0.29) is 12.6 Å². The van der Waals surface area contributed by atoms with Gasteiger partial charge in [-0.2, -0.15) is 0 Å². The summed E-state index contributed by atoms with van der Waals surface area (Å²) >= 11 is 0. The summed E-state index contributed by atoms with van der Waals surface area (Å²) < 4.78 is 5.31. The van der Waals surface area contributed by atoms with Crippen LogP contribution in [0.3, 0.4) is 0 Å². The summed E-state index contributed by atoms with van der Waals surface area (Å²) in [6.45, 7) is 2.80. The molecule has 0 spiro atoms. The summed E-state index contributed by atoms with van der Waals surface area (Å²) in [5.41, 5.74) is 3.28. The minimum Gasteiger partial charge on any atom is -0.395 e. The Labute approximate surface area is 99.6 Å². The molecule has 1 atom stereocenters. The first kappa shape index (κ1) is 12.2. The van der Waals surface area contributed by atoms with E-state index in [2.05, 4.69) is 20.3 Å². The number of hydrogen-bond acceptors (Lipinski definition) is 7. The van der Waals surface area contributed by atoms with Gasteiger partial charge >= 0.3 is 0 Å². The maximum Gasteiger partial charge on any atom is 0.158 e. The van der Waals surface area contributed by atoms with E-state index in [1.807, 2.05) is 0 Å². The molecule has 4 N–H and O–H groups in total. The molecule has 0 amide bonds. The summed E-state index contributed by atoms with van der Waals surface area (Å²) in [5, 5.41) is 9.24. The predicted octanol–water partition coefficient (Wildman–Crippen LogP) is -1.04. The van der Waals surface area contributed by atoms with Gasteiger partial charge in [-0.1, -0.05) is 0 Å². The van der Waals surface area contributed by atoms with Gasteiger partial charge in [0.2, 0.25) is 0 Å². The van der Waals surface area contributed by atoms with Crippen molar-refractivity contribution in [3.8, 4) is 0 Å². The van der Waals surface area contributed by atoms with Crippen LogP contribution in [0.5, 0.6) is 0 Å². The van der Waals surface area contributed by atoms with Gasteiger partial charge in [-0.15, -0.1) is 0 Å². The van der Waals surface area contributed by atoms with E-state index in [1.165, 1.54) is 0 Å². The average Bonchev–Trinajstić information content (AvgIpc) is 2.40. The molecule has 1 aromatic heterocycles. The Bertz CT molecular complexity index is 345. The van der Waals surface area contributed by atoms with Gasteiger partial charge in [0, 0.05) is 13.1 Å². The molecule has 1 fully saturated rings. The molecule has 1 saturated heterocycles. The molecular formula is C10H17N5O2. The fourth-order valence-corrected chi connectivity index (χ4v) is 1.78. The lowest BCUT2D eigenvalue weighted by Gasteiger charge is -2.33. The fourth-order valence-electron chi connectivity index (χ4n) is 1.78. The number of anilines is 1. The van der Waals surface area contributed by atoms with Gasteiger partial charge in [-0.25, -0.2) is 10.8 Å². The van der Waals surface area contributed by atoms with Crippen molar-refractivity contribution in [1.29, 1.82) is 0 Å². The molecule has 0 aromatic carbocycles. The monoisotopic (exact) mass is 239 g/mol. The van der Waals surface area contributed by atoms with Gasteiger partial charge in [0.25, 0.3) is 0 Å². The maximum atomic E-state index is 9.24. The molecular weight excluding hydrogens is 222 g/mol. The molecule has 1 aliphatic rings. The second kappa shape index (κ2) is 5.87. The van der Waals surface area contributed by atoms with Gasteiger partial charge in [-0.3, -0.25) is 9.88 Å². The van der Waals surface area contributed by atoms with Gasteiger partial charge < -0.3 is 15.3 Å². The number of nitrogens with zero attached hydrogens (tertiary/aromatic N) is 3. The molecule has 2 heterocycles. The molecule has 17 heavy (non-hydrogen) atoms. The van der Waals surface area contributed by atoms with Gasteiger partial charge in [0.1, 0.15) is 0 Å². The standard InChI is InChI=1S/C10H17N5O2/c11-14-10-4-12-8(3-13-10)5-15-1-2-17-7-9(15)6-16/h3-4,9,16H,1-2,5-7,11H2,(H,13,14). The highest BCUT2D eigenvalue weighted by Crippen LogP contribution is 2.10. The number of ether oxygens (including phenoxy) is 1. The Morgan fingerprint density at radius 1 is 1.53 bits per heavy atom. The second-order valence-electron chi connectivity index (χ2n) is 3.92. The fraction of sp³-hybridized carbons (Fsp3) is 0.600. The number of rotatable bonds is 4. The lowest BCUT2D eigenvalue weighted by molar-refractivity contribution is -0.0317. The highest BCUT2D eigenvalue weighted by atomic mass is 16.5. The number of hydrazine groups is 1. The van der Waals surface area contributed by atoms with Crippen LogP contribution in [-0.2, 0) is 11.3 Å². The molecule has 7 nitrogen and oxygen atoms in total. The van der Waals surface area contributed by atoms with Crippen LogP contribution in [0.25, 0.3) is 0 Å². The second-order valence-corrected chi connectivity index (χ2v) is 3.92. The van der Waals surface area contributed by atoms with Crippen molar-refractivity contribution in [2.45, 2.75) is 12.6 Å². The highest BCUT2D eigenvalue weighted by Gasteiger charge is 2.22. The number of hydrogen-bond donors (Lipinski definition) is 3. The third-order valence-corrected chi connectivity index (χ3v) is 2.78. The van der Waals surface area contributed by atoms with Crippen LogP contribution in [0.1, 0.15) is 5.69 Å². The largest absolute Gasteiger partial charge is 0.395 e. The molecule has 0 aliphatic carbocycles. The molecule has 1 aliphatic heterocycles. The molecule has 0 bridgehead atoms. The summed E-state index contributed by atoms with van der Waals surface area (Å²) in [4.78, 5) is 10.5. The summed E-state index contributed by atoms with van der Waals surface area (Å²) in [5.74, 6) is 5.75. The van der Waals surface area contributed by atoms with Crippen molar-refractivity contribution in [1.82, 2.24) is 14.9 Å². The zero-order valence-corrected chi connectivity index (χ0v) is 9.54. The third kappa shape index (κ3) is 3.10. The molecule has 0 saturated carbocycles. The van der Waals surface area contributed by atoms with E-state index in [0.29, 0.717) is 25.6 Å². The summed E-state index contributed by atoms with van der Waals surface area (Å²) in [6.07, 6.45) is 3.27. The van der Waals surface area contributed by atoms with Crippen LogP contribution in [0.4, 0.5) is 5.82 Å². The summed E-state index contributed by atoms with van der Waals surface area (Å²) in [7, 11) is 0. The zero-order chi connectivity index (χ0) is 12.1. The number of nitrogens with one attached hydrogen (secondary N) is 1. The van der Waals surface area contributed by atoms with Crippen LogP contribution >= 0.6 is 0 Å². The van der Waals surface area contributed by atoms with Gasteiger partial charge in [0.05, 0.1) is 44.0 Å². The molecule has 1 aromatic rings. The topological polar surface area (TPSA) is 96.5 Å². The Kier molecular flexibility index (Phi) is 4.21. The normalized spacial score (nSPS) is 21.4. The quantitative estimate of drug-likeness (QED) is 0.456. The minimum atomic E-state index is 0.0397. The van der Waals surface area contributed by atoms with Crippen molar-refractivity contribution in [2.75, 3.05) is 31.8 Å². The Hall–Kier alpha value is -1.28. The Morgan fingerprint density at radius 3 is 3.06 bits per heavy atom. The molecule has 7 heteroatoms. The van der Waals surface area contributed by atoms with Crippen molar-refractivity contribution >= 4 is 5.82 Å². The van der Waals surface area contributed by atoms with Crippen LogP contribution in [0.2, 0.25) is 0 Å². The van der Waals surface area contributed by atoms with E-state index in [0.717, 1.165) is 12.2 Å².